The van der Waals surface area contributed by atoms with Gasteiger partial charge in [-0.2, -0.15) is 0 Å². The van der Waals surface area contributed by atoms with E-state index in [9.17, 15) is 4.79 Å². The summed E-state index contributed by atoms with van der Waals surface area (Å²) in [5.41, 5.74) is 0.0846. The van der Waals surface area contributed by atoms with Gasteiger partial charge < -0.3 is 5.11 Å². The van der Waals surface area contributed by atoms with E-state index >= 15 is 0 Å². The van der Waals surface area contributed by atoms with Crippen LogP contribution < -0.4 is 0 Å². The summed E-state index contributed by atoms with van der Waals surface area (Å²) in [6.07, 6.45) is 1.17. The first kappa shape index (κ1) is 15.7. The molecule has 0 amide bonds. The zero-order chi connectivity index (χ0) is 15.0. The fraction of sp³-hybridized carbons (Fsp3) is 0. The summed E-state index contributed by atoms with van der Waals surface area (Å²) in [6, 6.07) is 3.02. The summed E-state index contributed by atoms with van der Waals surface area (Å²) in [6.45, 7) is 0. The Labute approximate surface area is 139 Å². The van der Waals surface area contributed by atoms with Crippen LogP contribution in [0, 0.1) is 0 Å². The fourth-order valence-corrected chi connectivity index (χ4v) is 2.89. The molecule has 2 aromatic rings. The van der Waals surface area contributed by atoms with Crippen LogP contribution in [0.1, 0.15) is 10.4 Å². The third-order valence-electron chi connectivity index (χ3n) is 2.47. The number of rotatable bonds is 2. The molecule has 0 saturated heterocycles. The van der Waals surface area contributed by atoms with E-state index in [1.54, 1.807) is 0 Å². The second-order valence-electron chi connectivity index (χ2n) is 3.67. The average Bonchev–Trinajstić information content (AvgIpc) is 2.36. The van der Waals surface area contributed by atoms with Gasteiger partial charge in [-0.05, 0) is 12.1 Å². The third kappa shape index (κ3) is 2.69. The van der Waals surface area contributed by atoms with E-state index in [1.165, 1.54) is 18.3 Å². The molecule has 1 aromatic carbocycles. The minimum Gasteiger partial charge on any atom is -0.478 e. The lowest BCUT2D eigenvalue weighted by Gasteiger charge is -2.11. The Hall–Kier alpha value is -0.710. The molecule has 3 nitrogen and oxygen atoms in total. The lowest BCUT2D eigenvalue weighted by Crippen LogP contribution is -2.02. The molecule has 0 fully saturated rings. The van der Waals surface area contributed by atoms with E-state index in [1.807, 2.05) is 0 Å². The fourth-order valence-electron chi connectivity index (χ4n) is 1.58. The topological polar surface area (TPSA) is 50.2 Å². The maximum atomic E-state index is 11.2. The van der Waals surface area contributed by atoms with Crippen molar-refractivity contribution in [2.24, 2.45) is 0 Å². The molecular formula is C12H4Cl5NO2. The summed E-state index contributed by atoms with van der Waals surface area (Å²) in [5.74, 6) is -1.28. The zero-order valence-electron chi connectivity index (χ0n) is 9.42. The van der Waals surface area contributed by atoms with Crippen LogP contribution in [0.15, 0.2) is 18.3 Å². The first-order valence-corrected chi connectivity index (χ1v) is 6.94. The second kappa shape index (κ2) is 5.96. The minimum atomic E-state index is -1.28. The largest absolute Gasteiger partial charge is 0.478 e. The molecule has 1 N–H and O–H groups in total. The number of aromatic carboxylic acids is 1. The Morgan fingerprint density at radius 3 is 2.15 bits per heavy atom. The monoisotopic (exact) mass is 369 g/mol. The quantitative estimate of drug-likeness (QED) is 0.688. The van der Waals surface area contributed by atoms with Gasteiger partial charge in [0.05, 0.1) is 30.8 Å². The van der Waals surface area contributed by atoms with Crippen molar-refractivity contribution in [1.82, 2.24) is 4.98 Å². The summed E-state index contributed by atoms with van der Waals surface area (Å²) in [7, 11) is 0. The van der Waals surface area contributed by atoms with Crippen LogP contribution in [-0.2, 0) is 0 Å². The molecule has 0 aliphatic heterocycles. The van der Waals surface area contributed by atoms with Crippen molar-refractivity contribution < 1.29 is 9.90 Å². The number of carboxylic acid groups (broad SMARTS) is 1. The number of carboxylic acids is 1. The van der Waals surface area contributed by atoms with Crippen LogP contribution in [0.3, 0.4) is 0 Å². The number of halogens is 5. The van der Waals surface area contributed by atoms with Crippen molar-refractivity contribution in [3.05, 3.63) is 49.0 Å². The molecular weight excluding hydrogens is 367 g/mol. The molecule has 0 aliphatic carbocycles. The molecule has 104 valence electrons. The van der Waals surface area contributed by atoms with Gasteiger partial charge in [0.15, 0.2) is 0 Å². The Morgan fingerprint density at radius 1 is 0.950 bits per heavy atom. The van der Waals surface area contributed by atoms with E-state index < -0.39 is 5.97 Å². The van der Waals surface area contributed by atoms with Gasteiger partial charge in [0.25, 0.3) is 0 Å². The molecule has 0 saturated carbocycles. The van der Waals surface area contributed by atoms with Crippen LogP contribution in [0.5, 0.6) is 0 Å². The Balaban J connectivity index is 2.82. The van der Waals surface area contributed by atoms with E-state index in [4.69, 9.17) is 63.1 Å². The SMILES string of the molecule is O=C(O)c1c(Cl)cnc(-c2c(Cl)ccc(Cl)c2Cl)c1Cl. The molecule has 0 atom stereocenters. The predicted octanol–water partition coefficient (Wildman–Crippen LogP) is 5.71. The Bertz CT molecular complexity index is 717. The molecule has 0 aliphatic rings. The van der Waals surface area contributed by atoms with Gasteiger partial charge >= 0.3 is 5.97 Å². The first-order chi connectivity index (χ1) is 9.34. The van der Waals surface area contributed by atoms with Crippen LogP contribution in [0.25, 0.3) is 11.3 Å². The van der Waals surface area contributed by atoms with Gasteiger partial charge in [-0.15, -0.1) is 0 Å². The number of carbonyl (C=O) groups is 1. The van der Waals surface area contributed by atoms with Gasteiger partial charge in [0, 0.05) is 11.8 Å². The van der Waals surface area contributed by atoms with Crippen molar-refractivity contribution in [2.75, 3.05) is 0 Å². The second-order valence-corrected chi connectivity index (χ2v) is 5.64. The van der Waals surface area contributed by atoms with E-state index in [0.29, 0.717) is 0 Å². The number of aromatic nitrogens is 1. The van der Waals surface area contributed by atoms with Crippen molar-refractivity contribution in [3.8, 4) is 11.3 Å². The normalized spacial score (nSPS) is 10.7. The lowest BCUT2D eigenvalue weighted by molar-refractivity contribution is 0.0697. The highest BCUT2D eigenvalue weighted by Crippen LogP contribution is 2.42. The number of hydrogen-bond acceptors (Lipinski definition) is 2. The summed E-state index contributed by atoms with van der Waals surface area (Å²) >= 11 is 29.9. The maximum absolute atomic E-state index is 11.2. The van der Waals surface area contributed by atoms with Crippen LogP contribution in [-0.4, -0.2) is 16.1 Å². The zero-order valence-corrected chi connectivity index (χ0v) is 13.2. The van der Waals surface area contributed by atoms with E-state index in [-0.39, 0.29) is 41.9 Å². The van der Waals surface area contributed by atoms with Gasteiger partial charge in [0.2, 0.25) is 0 Å². The molecule has 0 bridgehead atoms. The lowest BCUT2D eigenvalue weighted by atomic mass is 10.1. The highest BCUT2D eigenvalue weighted by molar-refractivity contribution is 6.47. The first-order valence-electron chi connectivity index (χ1n) is 5.05. The molecule has 0 radical (unpaired) electrons. The van der Waals surface area contributed by atoms with Gasteiger partial charge in [-0.25, -0.2) is 4.79 Å². The minimum absolute atomic E-state index is 0.0828. The highest BCUT2D eigenvalue weighted by Gasteiger charge is 2.22. The van der Waals surface area contributed by atoms with Gasteiger partial charge in [-0.1, -0.05) is 58.0 Å². The Morgan fingerprint density at radius 2 is 1.55 bits per heavy atom. The smallest absolute Gasteiger partial charge is 0.338 e. The van der Waals surface area contributed by atoms with Crippen molar-refractivity contribution in [3.63, 3.8) is 0 Å². The number of nitrogens with zero attached hydrogens (tertiary/aromatic N) is 1. The van der Waals surface area contributed by atoms with Crippen LogP contribution >= 0.6 is 58.0 Å². The van der Waals surface area contributed by atoms with E-state index in [0.717, 1.165) is 0 Å². The standard InChI is InChI=1S/C12H4Cl5NO2/c13-4-1-2-5(14)9(16)7(4)11-10(17)8(12(19)20)6(15)3-18-11/h1-3H,(H,19,20). The highest BCUT2D eigenvalue weighted by atomic mass is 35.5. The summed E-state index contributed by atoms with van der Waals surface area (Å²) in [5, 5.41) is 9.50. The van der Waals surface area contributed by atoms with Gasteiger partial charge in [-0.3, -0.25) is 4.98 Å². The molecule has 0 spiro atoms. The van der Waals surface area contributed by atoms with Crippen LogP contribution in [0.2, 0.25) is 25.1 Å². The average molecular weight is 371 g/mol. The van der Waals surface area contributed by atoms with Gasteiger partial charge in [0.1, 0.15) is 5.56 Å². The third-order valence-corrected chi connectivity index (χ3v) is 4.24. The maximum Gasteiger partial charge on any atom is 0.338 e. The van der Waals surface area contributed by atoms with Crippen LogP contribution in [0.4, 0.5) is 0 Å². The molecule has 8 heteroatoms. The molecule has 0 unspecified atom stereocenters. The number of benzene rings is 1. The van der Waals surface area contributed by atoms with Crippen molar-refractivity contribution >= 4 is 64.0 Å². The summed E-state index contributed by atoms with van der Waals surface area (Å²) < 4.78 is 0. The Kier molecular flexibility index (Phi) is 4.67. The molecule has 1 aromatic heterocycles. The molecule has 1 heterocycles. The predicted molar refractivity (Wildman–Crippen MR) is 81.7 cm³/mol. The van der Waals surface area contributed by atoms with Crippen molar-refractivity contribution in [1.29, 1.82) is 0 Å². The number of hydrogen-bond donors (Lipinski definition) is 1. The number of pyridine rings is 1. The summed E-state index contributed by atoms with van der Waals surface area (Å²) in [4.78, 5) is 15.2. The van der Waals surface area contributed by atoms with E-state index in [2.05, 4.69) is 4.98 Å². The van der Waals surface area contributed by atoms with Crippen molar-refractivity contribution in [2.45, 2.75) is 0 Å². The molecule has 2 rings (SSSR count). The molecule has 20 heavy (non-hydrogen) atoms.